The highest BCUT2D eigenvalue weighted by molar-refractivity contribution is 6.05. The van der Waals surface area contributed by atoms with E-state index in [2.05, 4.69) is 26.1 Å². The Morgan fingerprint density at radius 3 is 2.36 bits per heavy atom. The van der Waals surface area contributed by atoms with Crippen molar-refractivity contribution in [2.24, 2.45) is 5.92 Å². The van der Waals surface area contributed by atoms with E-state index in [0.29, 0.717) is 23.2 Å². The van der Waals surface area contributed by atoms with Gasteiger partial charge in [0.25, 0.3) is 11.6 Å². The first-order valence-corrected chi connectivity index (χ1v) is 9.80. The van der Waals surface area contributed by atoms with E-state index in [9.17, 15) is 14.9 Å². The molecule has 6 heteroatoms. The Balaban J connectivity index is 1.79. The molecule has 1 heterocycles. The maximum atomic E-state index is 12.6. The fourth-order valence-corrected chi connectivity index (χ4v) is 3.48. The van der Waals surface area contributed by atoms with Crippen molar-refractivity contribution in [1.29, 1.82) is 0 Å². The lowest BCUT2D eigenvalue weighted by molar-refractivity contribution is -0.384. The second kappa shape index (κ2) is 8.42. The molecule has 0 unspecified atom stereocenters. The lowest BCUT2D eigenvalue weighted by Gasteiger charge is -2.31. The Bertz CT molecular complexity index is 854. The zero-order chi connectivity index (χ0) is 20.3. The number of nitrogens with zero attached hydrogens (tertiary/aromatic N) is 2. The van der Waals surface area contributed by atoms with Gasteiger partial charge >= 0.3 is 0 Å². The number of hydrogen-bond donors (Lipinski definition) is 1. The van der Waals surface area contributed by atoms with Gasteiger partial charge in [-0.15, -0.1) is 0 Å². The van der Waals surface area contributed by atoms with E-state index in [-0.39, 0.29) is 17.2 Å². The minimum atomic E-state index is -0.401. The van der Waals surface area contributed by atoms with Crippen LogP contribution in [0.3, 0.4) is 0 Å². The molecule has 1 fully saturated rings. The number of nitro benzene ring substituents is 1. The lowest BCUT2D eigenvalue weighted by atomic mass is 9.98. The van der Waals surface area contributed by atoms with Crippen LogP contribution in [0.2, 0.25) is 0 Å². The number of hydrogen-bond acceptors (Lipinski definition) is 4. The Kier molecular flexibility index (Phi) is 5.97. The van der Waals surface area contributed by atoms with Crippen LogP contribution < -0.4 is 10.2 Å². The quantitative estimate of drug-likeness (QED) is 0.570. The predicted octanol–water partition coefficient (Wildman–Crippen LogP) is 5.21. The van der Waals surface area contributed by atoms with Crippen molar-refractivity contribution < 1.29 is 9.72 Å². The summed E-state index contributed by atoms with van der Waals surface area (Å²) in [6, 6.07) is 12.4. The Hall–Kier alpha value is -2.89. The van der Waals surface area contributed by atoms with Gasteiger partial charge in [-0.25, -0.2) is 0 Å². The molecule has 1 aliphatic heterocycles. The summed E-state index contributed by atoms with van der Waals surface area (Å²) in [6.07, 6.45) is 2.04. The summed E-state index contributed by atoms with van der Waals surface area (Å²) in [4.78, 5) is 25.8. The molecular weight excluding hydrogens is 354 g/mol. The highest BCUT2D eigenvalue weighted by atomic mass is 16.6. The fourth-order valence-electron chi connectivity index (χ4n) is 3.48. The number of carbonyl (C=O) groups excluding carboxylic acids is 1. The summed E-state index contributed by atoms with van der Waals surface area (Å²) >= 11 is 0. The Morgan fingerprint density at radius 1 is 1.14 bits per heavy atom. The third kappa shape index (κ3) is 4.50. The van der Waals surface area contributed by atoms with Gasteiger partial charge in [0.15, 0.2) is 0 Å². The van der Waals surface area contributed by atoms with Crippen molar-refractivity contribution in [2.75, 3.05) is 23.3 Å². The number of anilines is 2. The van der Waals surface area contributed by atoms with Crippen LogP contribution in [0.5, 0.6) is 0 Å². The highest BCUT2D eigenvalue weighted by Gasteiger charge is 2.24. The maximum absolute atomic E-state index is 12.6. The molecule has 1 aliphatic rings. The van der Waals surface area contributed by atoms with Crippen molar-refractivity contribution in [1.82, 2.24) is 0 Å². The molecule has 3 rings (SSSR count). The standard InChI is InChI=1S/C22H27N3O3/c1-15(2)17-4-7-19(8-5-17)23-22(26)18-6-9-20(21(14-18)25(27)28)24-12-10-16(3)11-13-24/h4-9,14-16H,10-13H2,1-3H3,(H,23,26). The molecule has 0 radical (unpaired) electrons. The molecule has 1 N–H and O–H groups in total. The van der Waals surface area contributed by atoms with Gasteiger partial charge in [-0.1, -0.05) is 32.9 Å². The zero-order valence-corrected chi connectivity index (χ0v) is 16.6. The van der Waals surface area contributed by atoms with E-state index >= 15 is 0 Å². The molecule has 0 aliphatic carbocycles. The molecule has 0 aromatic heterocycles. The average molecular weight is 381 g/mol. The average Bonchev–Trinajstić information content (AvgIpc) is 2.68. The summed E-state index contributed by atoms with van der Waals surface area (Å²) in [7, 11) is 0. The van der Waals surface area contributed by atoms with Crippen LogP contribution >= 0.6 is 0 Å². The molecule has 2 aromatic carbocycles. The topological polar surface area (TPSA) is 75.5 Å². The number of nitro groups is 1. The number of piperidine rings is 1. The van der Waals surface area contributed by atoms with Gasteiger partial charge in [-0.3, -0.25) is 14.9 Å². The molecule has 28 heavy (non-hydrogen) atoms. The lowest BCUT2D eigenvalue weighted by Crippen LogP contribution is -2.33. The first kappa shape index (κ1) is 19.9. The van der Waals surface area contributed by atoms with Crippen molar-refractivity contribution in [3.8, 4) is 0 Å². The van der Waals surface area contributed by atoms with Crippen LogP contribution in [-0.2, 0) is 0 Å². The molecule has 1 amide bonds. The molecule has 0 atom stereocenters. The molecule has 148 valence electrons. The van der Waals surface area contributed by atoms with Gasteiger partial charge < -0.3 is 10.2 Å². The van der Waals surface area contributed by atoms with Crippen molar-refractivity contribution in [3.05, 3.63) is 63.7 Å². The van der Waals surface area contributed by atoms with E-state index in [1.54, 1.807) is 12.1 Å². The Labute approximate surface area is 165 Å². The van der Waals surface area contributed by atoms with Gasteiger partial charge in [0.2, 0.25) is 0 Å². The maximum Gasteiger partial charge on any atom is 0.293 e. The molecular formula is C22H27N3O3. The van der Waals surface area contributed by atoms with Gasteiger partial charge in [0, 0.05) is 30.4 Å². The summed E-state index contributed by atoms with van der Waals surface area (Å²) in [5, 5.41) is 14.4. The second-order valence-electron chi connectivity index (χ2n) is 7.86. The van der Waals surface area contributed by atoms with E-state index in [1.165, 1.54) is 11.6 Å². The van der Waals surface area contributed by atoms with Crippen LogP contribution in [-0.4, -0.2) is 23.9 Å². The molecule has 6 nitrogen and oxygen atoms in total. The van der Waals surface area contributed by atoms with Crippen LogP contribution in [0.25, 0.3) is 0 Å². The summed E-state index contributed by atoms with van der Waals surface area (Å²) in [5.74, 6) is 0.708. The molecule has 2 aromatic rings. The van der Waals surface area contributed by atoms with Crippen molar-refractivity contribution >= 4 is 23.0 Å². The number of benzene rings is 2. The largest absolute Gasteiger partial charge is 0.366 e. The number of nitrogens with one attached hydrogen (secondary N) is 1. The molecule has 0 spiro atoms. The van der Waals surface area contributed by atoms with Crippen molar-refractivity contribution in [3.63, 3.8) is 0 Å². The Morgan fingerprint density at radius 2 is 1.79 bits per heavy atom. The fraction of sp³-hybridized carbons (Fsp3) is 0.409. The van der Waals surface area contributed by atoms with E-state index in [4.69, 9.17) is 0 Å². The molecule has 0 saturated carbocycles. The van der Waals surface area contributed by atoms with Crippen LogP contribution in [0, 0.1) is 16.0 Å². The van der Waals surface area contributed by atoms with E-state index in [0.717, 1.165) is 25.9 Å². The third-order valence-electron chi connectivity index (χ3n) is 5.39. The van der Waals surface area contributed by atoms with E-state index < -0.39 is 4.92 Å². The third-order valence-corrected chi connectivity index (χ3v) is 5.39. The van der Waals surface area contributed by atoms with Gasteiger partial charge in [0.05, 0.1) is 4.92 Å². The first-order valence-electron chi connectivity index (χ1n) is 9.80. The van der Waals surface area contributed by atoms with Crippen LogP contribution in [0.1, 0.15) is 55.5 Å². The first-order chi connectivity index (χ1) is 13.3. The number of rotatable bonds is 5. The smallest absolute Gasteiger partial charge is 0.293 e. The zero-order valence-electron chi connectivity index (χ0n) is 16.6. The molecule has 0 bridgehead atoms. The van der Waals surface area contributed by atoms with Crippen LogP contribution in [0.15, 0.2) is 42.5 Å². The van der Waals surface area contributed by atoms with E-state index in [1.807, 2.05) is 29.2 Å². The normalized spacial score (nSPS) is 14.9. The summed E-state index contributed by atoms with van der Waals surface area (Å²) in [6.45, 7) is 8.02. The minimum Gasteiger partial charge on any atom is -0.366 e. The SMILES string of the molecule is CC1CCN(c2ccc(C(=O)Nc3ccc(C(C)C)cc3)cc2[N+](=O)[O-])CC1. The predicted molar refractivity (Wildman–Crippen MR) is 112 cm³/mol. The molecule has 1 saturated heterocycles. The number of carbonyl (C=O) groups is 1. The van der Waals surface area contributed by atoms with Gasteiger partial charge in [-0.2, -0.15) is 0 Å². The second-order valence-corrected chi connectivity index (χ2v) is 7.86. The van der Waals surface area contributed by atoms with Gasteiger partial charge in [-0.05, 0) is 54.5 Å². The van der Waals surface area contributed by atoms with Gasteiger partial charge in [0.1, 0.15) is 5.69 Å². The highest BCUT2D eigenvalue weighted by Crippen LogP contribution is 2.32. The minimum absolute atomic E-state index is 0.0163. The summed E-state index contributed by atoms with van der Waals surface area (Å²) < 4.78 is 0. The summed E-state index contributed by atoms with van der Waals surface area (Å²) in [5.41, 5.74) is 2.72. The monoisotopic (exact) mass is 381 g/mol. The number of amides is 1. The van der Waals surface area contributed by atoms with Crippen molar-refractivity contribution in [2.45, 2.75) is 39.5 Å². The van der Waals surface area contributed by atoms with Crippen LogP contribution in [0.4, 0.5) is 17.1 Å².